The number of nitrogens with two attached hydrogens (primary N) is 1. The molecule has 0 aromatic rings. The van der Waals surface area contributed by atoms with Gasteiger partial charge in [0.25, 0.3) is 0 Å². The number of rotatable bonds is 6. The van der Waals surface area contributed by atoms with Crippen LogP contribution in [0.5, 0.6) is 0 Å². The van der Waals surface area contributed by atoms with E-state index in [0.29, 0.717) is 24.9 Å². The van der Waals surface area contributed by atoms with Crippen molar-refractivity contribution >= 4 is 5.84 Å². The van der Waals surface area contributed by atoms with Gasteiger partial charge >= 0.3 is 0 Å². The first kappa shape index (κ1) is 12.3. The average Bonchev–Trinajstić information content (AvgIpc) is 2.71. The Bertz CT molecular complexity index is 209. The molecule has 1 aliphatic rings. The van der Waals surface area contributed by atoms with Gasteiger partial charge in [-0.25, -0.2) is 0 Å². The quantitative estimate of drug-likeness (QED) is 0.166. The van der Waals surface area contributed by atoms with Crippen LogP contribution in [0.25, 0.3) is 0 Å². The van der Waals surface area contributed by atoms with Crippen molar-refractivity contribution in [2.75, 3.05) is 19.7 Å². The maximum absolute atomic E-state index is 9.12. The van der Waals surface area contributed by atoms with Gasteiger partial charge in [-0.15, -0.1) is 0 Å². The Hall–Kier alpha value is -0.810. The summed E-state index contributed by atoms with van der Waals surface area (Å²) in [6.07, 6.45) is 4.12. The number of nitrogens with one attached hydrogen (secondary N) is 1. The third kappa shape index (κ3) is 4.05. The minimum atomic E-state index is 0.257. The number of oxime groups is 1. The normalized spacial score (nSPS) is 27.1. The summed E-state index contributed by atoms with van der Waals surface area (Å²) in [6, 6.07) is 0. The molecule has 0 amide bonds. The van der Waals surface area contributed by atoms with Crippen LogP contribution in [0, 0.1) is 11.8 Å². The van der Waals surface area contributed by atoms with Gasteiger partial charge < -0.3 is 21.4 Å². The van der Waals surface area contributed by atoms with Gasteiger partial charge in [0.2, 0.25) is 0 Å². The van der Waals surface area contributed by atoms with Crippen molar-refractivity contribution < 1.29 is 10.3 Å². The second-order valence-corrected chi connectivity index (χ2v) is 4.18. The molecular formula is C10H21N3O2. The minimum Gasteiger partial charge on any atom is -0.409 e. The SMILES string of the molecule is NC(CCNCC1CCCC1CO)=NO. The zero-order chi connectivity index (χ0) is 11.1. The van der Waals surface area contributed by atoms with Gasteiger partial charge in [-0.3, -0.25) is 0 Å². The van der Waals surface area contributed by atoms with Crippen LogP contribution in [0.2, 0.25) is 0 Å². The molecule has 88 valence electrons. The predicted octanol–water partition coefficient (Wildman–Crippen LogP) is 0.121. The molecule has 0 heterocycles. The zero-order valence-electron chi connectivity index (χ0n) is 9.02. The molecular weight excluding hydrogens is 194 g/mol. The molecule has 1 fully saturated rings. The molecule has 15 heavy (non-hydrogen) atoms. The van der Waals surface area contributed by atoms with Crippen LogP contribution < -0.4 is 11.1 Å². The highest BCUT2D eigenvalue weighted by atomic mass is 16.4. The lowest BCUT2D eigenvalue weighted by atomic mass is 9.97. The Labute approximate surface area is 90.3 Å². The monoisotopic (exact) mass is 215 g/mol. The van der Waals surface area contributed by atoms with Crippen LogP contribution in [0.15, 0.2) is 5.16 Å². The minimum absolute atomic E-state index is 0.257. The van der Waals surface area contributed by atoms with Crippen molar-refractivity contribution in [3.05, 3.63) is 0 Å². The maximum atomic E-state index is 9.12. The van der Waals surface area contributed by atoms with Crippen molar-refractivity contribution in [2.45, 2.75) is 25.7 Å². The summed E-state index contributed by atoms with van der Waals surface area (Å²) in [5, 5.41) is 23.6. The number of hydrogen-bond acceptors (Lipinski definition) is 4. The van der Waals surface area contributed by atoms with E-state index in [4.69, 9.17) is 16.0 Å². The third-order valence-electron chi connectivity index (χ3n) is 3.14. The fourth-order valence-electron chi connectivity index (χ4n) is 2.18. The molecule has 0 aliphatic heterocycles. The van der Waals surface area contributed by atoms with E-state index in [1.165, 1.54) is 12.8 Å². The lowest BCUT2D eigenvalue weighted by Crippen LogP contribution is -2.29. The van der Waals surface area contributed by atoms with Crippen molar-refractivity contribution in [3.63, 3.8) is 0 Å². The predicted molar refractivity (Wildman–Crippen MR) is 58.8 cm³/mol. The molecule has 5 heteroatoms. The highest BCUT2D eigenvalue weighted by molar-refractivity contribution is 5.79. The van der Waals surface area contributed by atoms with Crippen LogP contribution in [0.3, 0.4) is 0 Å². The molecule has 2 atom stereocenters. The summed E-state index contributed by atoms with van der Waals surface area (Å²) in [4.78, 5) is 0. The first-order chi connectivity index (χ1) is 7.27. The standard InChI is InChI=1S/C10H21N3O2/c11-10(13-15)4-5-12-6-8-2-1-3-9(8)7-14/h8-9,12,14-15H,1-7H2,(H2,11,13). The molecule has 0 radical (unpaired) electrons. The highest BCUT2D eigenvalue weighted by Crippen LogP contribution is 2.30. The van der Waals surface area contributed by atoms with Crippen LogP contribution in [0.1, 0.15) is 25.7 Å². The molecule has 2 unspecified atom stereocenters. The van der Waals surface area contributed by atoms with E-state index >= 15 is 0 Å². The second kappa shape index (κ2) is 6.63. The van der Waals surface area contributed by atoms with E-state index in [1.807, 2.05) is 0 Å². The number of aliphatic hydroxyl groups is 1. The van der Waals surface area contributed by atoms with Gasteiger partial charge in [0.05, 0.1) is 0 Å². The molecule has 5 N–H and O–H groups in total. The van der Waals surface area contributed by atoms with E-state index in [0.717, 1.165) is 19.5 Å². The largest absolute Gasteiger partial charge is 0.409 e. The summed E-state index contributed by atoms with van der Waals surface area (Å²) in [5.74, 6) is 1.30. The Morgan fingerprint density at radius 2 is 2.13 bits per heavy atom. The van der Waals surface area contributed by atoms with Crippen molar-refractivity contribution in [1.29, 1.82) is 0 Å². The summed E-state index contributed by atoms with van der Waals surface area (Å²) >= 11 is 0. The van der Waals surface area contributed by atoms with E-state index in [1.54, 1.807) is 0 Å². The molecule has 0 saturated heterocycles. The van der Waals surface area contributed by atoms with Gasteiger partial charge in [-0.2, -0.15) is 0 Å². The second-order valence-electron chi connectivity index (χ2n) is 4.18. The number of amidine groups is 1. The number of nitrogens with zero attached hydrogens (tertiary/aromatic N) is 1. The third-order valence-corrected chi connectivity index (χ3v) is 3.14. The van der Waals surface area contributed by atoms with E-state index in [9.17, 15) is 0 Å². The zero-order valence-corrected chi connectivity index (χ0v) is 9.02. The van der Waals surface area contributed by atoms with Gasteiger partial charge in [-0.05, 0) is 31.2 Å². The first-order valence-corrected chi connectivity index (χ1v) is 5.56. The van der Waals surface area contributed by atoms with Gasteiger partial charge in [0.1, 0.15) is 5.84 Å². The first-order valence-electron chi connectivity index (χ1n) is 5.56. The molecule has 0 aromatic carbocycles. The fourth-order valence-corrected chi connectivity index (χ4v) is 2.18. The van der Waals surface area contributed by atoms with Gasteiger partial charge in [-0.1, -0.05) is 11.6 Å². The molecule has 0 spiro atoms. The van der Waals surface area contributed by atoms with Crippen LogP contribution in [-0.4, -0.2) is 35.8 Å². The van der Waals surface area contributed by atoms with Crippen molar-refractivity contribution in [1.82, 2.24) is 5.32 Å². The topological polar surface area (TPSA) is 90.9 Å². The summed E-state index contributed by atoms with van der Waals surface area (Å²) in [7, 11) is 0. The average molecular weight is 215 g/mol. The Morgan fingerprint density at radius 3 is 2.80 bits per heavy atom. The maximum Gasteiger partial charge on any atom is 0.140 e. The Balaban J connectivity index is 2.09. The summed E-state index contributed by atoms with van der Waals surface area (Å²) < 4.78 is 0. The lowest BCUT2D eigenvalue weighted by molar-refractivity contribution is 0.192. The molecule has 0 aromatic heterocycles. The van der Waals surface area contributed by atoms with E-state index < -0.39 is 0 Å². The van der Waals surface area contributed by atoms with Gasteiger partial charge in [0.15, 0.2) is 0 Å². The number of aliphatic hydroxyl groups excluding tert-OH is 1. The van der Waals surface area contributed by atoms with Crippen LogP contribution in [-0.2, 0) is 0 Å². The lowest BCUT2D eigenvalue weighted by Gasteiger charge is -2.17. The Kier molecular flexibility index (Phi) is 5.42. The molecule has 1 saturated carbocycles. The summed E-state index contributed by atoms with van der Waals surface area (Å²) in [6.45, 7) is 1.95. The van der Waals surface area contributed by atoms with Crippen LogP contribution in [0.4, 0.5) is 0 Å². The highest BCUT2D eigenvalue weighted by Gasteiger charge is 2.25. The van der Waals surface area contributed by atoms with Crippen LogP contribution >= 0.6 is 0 Å². The van der Waals surface area contributed by atoms with Gasteiger partial charge in [0, 0.05) is 19.6 Å². The fraction of sp³-hybridized carbons (Fsp3) is 0.900. The molecule has 0 bridgehead atoms. The van der Waals surface area contributed by atoms with Crippen molar-refractivity contribution in [2.24, 2.45) is 22.7 Å². The van der Waals surface area contributed by atoms with E-state index in [-0.39, 0.29) is 5.84 Å². The van der Waals surface area contributed by atoms with Crippen molar-refractivity contribution in [3.8, 4) is 0 Å². The molecule has 1 rings (SSSR count). The smallest absolute Gasteiger partial charge is 0.140 e. The molecule has 1 aliphatic carbocycles. The summed E-state index contributed by atoms with van der Waals surface area (Å²) in [5.41, 5.74) is 5.34. The number of hydrogen-bond donors (Lipinski definition) is 4. The molecule has 5 nitrogen and oxygen atoms in total. The Morgan fingerprint density at radius 1 is 1.40 bits per heavy atom. The van der Waals surface area contributed by atoms with E-state index in [2.05, 4.69) is 10.5 Å².